The molecule has 1 saturated heterocycles. The number of hydrogen-bond donors (Lipinski definition) is 2. The number of ether oxygens (including phenoxy) is 1. The number of carbonyl (C=O) groups excluding carboxylic acids is 1. The molecule has 0 unspecified atom stereocenters. The van der Waals surface area contributed by atoms with Crippen molar-refractivity contribution >= 4 is 46.2 Å². The minimum Gasteiger partial charge on any atom is -0.375 e. The first kappa shape index (κ1) is 23.2. The van der Waals surface area contributed by atoms with Crippen molar-refractivity contribution in [3.05, 3.63) is 77.3 Å². The maximum Gasteiger partial charge on any atom is 0.250 e. The highest BCUT2D eigenvalue weighted by atomic mass is 35.5. The number of halogens is 1. The zero-order valence-electron chi connectivity index (χ0n) is 18.7. The van der Waals surface area contributed by atoms with E-state index in [2.05, 4.69) is 57.4 Å². The van der Waals surface area contributed by atoms with E-state index in [1.54, 1.807) is 12.3 Å². The monoisotopic (exact) mass is 483 g/mol. The molecule has 1 aliphatic heterocycles. The van der Waals surface area contributed by atoms with Crippen molar-refractivity contribution in [2.24, 2.45) is 0 Å². The normalized spacial score (nSPS) is 18.0. The van der Waals surface area contributed by atoms with E-state index in [0.717, 1.165) is 16.9 Å². The van der Waals surface area contributed by atoms with Gasteiger partial charge >= 0.3 is 0 Å². The fraction of sp³-hybridized carbons (Fsp3) is 0.292. The Morgan fingerprint density at radius 1 is 1.30 bits per heavy atom. The predicted octanol–water partition coefficient (Wildman–Crippen LogP) is 4.88. The Kier molecular flexibility index (Phi) is 6.97. The summed E-state index contributed by atoms with van der Waals surface area (Å²) in [6, 6.07) is 13.5. The Bertz CT molecular complexity index is 1150. The molecule has 1 aromatic carbocycles. The van der Waals surface area contributed by atoms with Gasteiger partial charge in [-0.3, -0.25) is 9.78 Å². The van der Waals surface area contributed by atoms with Crippen molar-refractivity contribution in [3.8, 4) is 0 Å². The van der Waals surface area contributed by atoms with Gasteiger partial charge < -0.3 is 24.8 Å². The highest BCUT2D eigenvalue weighted by Gasteiger charge is 2.41. The molecular weight excluding hydrogens is 458 g/mol. The number of thiocarbonyl (C=S) groups is 1. The highest BCUT2D eigenvalue weighted by Crippen LogP contribution is 2.43. The number of benzene rings is 1. The van der Waals surface area contributed by atoms with Crippen LogP contribution in [0.5, 0.6) is 0 Å². The van der Waals surface area contributed by atoms with E-state index in [-0.39, 0.29) is 24.6 Å². The van der Waals surface area contributed by atoms with Crippen LogP contribution in [0.4, 0.5) is 11.4 Å². The molecule has 172 valence electrons. The van der Waals surface area contributed by atoms with E-state index in [9.17, 15) is 4.79 Å². The van der Waals surface area contributed by atoms with Crippen LogP contribution in [-0.2, 0) is 9.53 Å². The van der Waals surface area contributed by atoms with Crippen molar-refractivity contribution < 1.29 is 9.53 Å². The minimum atomic E-state index is -0.270. The molecule has 9 heteroatoms. The molecule has 2 aromatic heterocycles. The third kappa shape index (κ3) is 4.88. The lowest BCUT2D eigenvalue weighted by molar-refractivity contribution is -0.119. The van der Waals surface area contributed by atoms with Crippen LogP contribution in [0, 0.1) is 0 Å². The zero-order valence-corrected chi connectivity index (χ0v) is 20.2. The Balaban J connectivity index is 1.72. The number of anilines is 2. The molecule has 0 radical (unpaired) electrons. The van der Waals surface area contributed by atoms with E-state index in [1.165, 1.54) is 7.11 Å². The Morgan fingerprint density at radius 3 is 2.76 bits per heavy atom. The largest absolute Gasteiger partial charge is 0.375 e. The van der Waals surface area contributed by atoms with Crippen molar-refractivity contribution in [3.63, 3.8) is 0 Å². The van der Waals surface area contributed by atoms with Crippen LogP contribution < -0.4 is 15.5 Å². The second-order valence-corrected chi connectivity index (χ2v) is 8.92. The van der Waals surface area contributed by atoms with E-state index in [4.69, 9.17) is 28.6 Å². The molecule has 2 atom stereocenters. The number of hydrogen-bond acceptors (Lipinski definition) is 4. The van der Waals surface area contributed by atoms with Crippen LogP contribution in [0.15, 0.2) is 61.1 Å². The fourth-order valence-corrected chi connectivity index (χ4v) is 4.54. The van der Waals surface area contributed by atoms with Crippen LogP contribution in [0.1, 0.15) is 43.2 Å². The number of nitrogens with one attached hydrogen (secondary N) is 2. The molecule has 2 N–H and O–H groups in total. The summed E-state index contributed by atoms with van der Waals surface area (Å²) in [6.07, 6.45) is 6.01. The second kappa shape index (κ2) is 9.91. The van der Waals surface area contributed by atoms with Gasteiger partial charge in [-0.05, 0) is 68.0 Å². The van der Waals surface area contributed by atoms with Gasteiger partial charge in [0.15, 0.2) is 5.11 Å². The van der Waals surface area contributed by atoms with Gasteiger partial charge in [-0.25, -0.2) is 0 Å². The van der Waals surface area contributed by atoms with Crippen molar-refractivity contribution in [2.45, 2.75) is 32.0 Å². The molecule has 1 fully saturated rings. The molecule has 0 bridgehead atoms. The first-order chi connectivity index (χ1) is 15.9. The quantitative estimate of drug-likeness (QED) is 0.467. The number of pyridine rings is 1. The summed E-state index contributed by atoms with van der Waals surface area (Å²) in [6.45, 7) is 4.25. The first-order valence-electron chi connectivity index (χ1n) is 10.7. The predicted molar refractivity (Wildman–Crippen MR) is 135 cm³/mol. The van der Waals surface area contributed by atoms with Gasteiger partial charge in [0.25, 0.3) is 0 Å². The smallest absolute Gasteiger partial charge is 0.250 e. The Hall–Kier alpha value is -2.94. The standard InChI is InChI=1S/C24H26ClN5O2S/c1-15(2)29-11-9-16(13-29)23-22(20-6-4-5-10-26-20)28-24(33)30(23)17-7-8-19(18(25)12-17)27-21(31)14-32-3/h4-13,15,22-23H,14H2,1-3H3,(H,27,31)(H,28,33)/t22-,23-/m1/s1. The molecule has 7 nitrogen and oxygen atoms in total. The maximum absolute atomic E-state index is 11.9. The molecule has 4 rings (SSSR count). The molecule has 1 aliphatic rings. The van der Waals surface area contributed by atoms with Crippen molar-refractivity contribution in [1.82, 2.24) is 14.9 Å². The van der Waals surface area contributed by atoms with Gasteiger partial charge in [-0.15, -0.1) is 0 Å². The van der Waals surface area contributed by atoms with E-state index < -0.39 is 0 Å². The molecule has 3 aromatic rings. The van der Waals surface area contributed by atoms with E-state index >= 15 is 0 Å². The van der Waals surface area contributed by atoms with Crippen molar-refractivity contribution in [2.75, 3.05) is 23.9 Å². The molecule has 1 amide bonds. The maximum atomic E-state index is 11.9. The summed E-state index contributed by atoms with van der Waals surface area (Å²) in [5, 5.41) is 7.20. The third-order valence-corrected chi connectivity index (χ3v) is 6.18. The molecular formula is C24H26ClN5O2S. The molecule has 33 heavy (non-hydrogen) atoms. The number of carbonyl (C=O) groups is 1. The van der Waals surface area contributed by atoms with Gasteiger partial charge in [-0.2, -0.15) is 0 Å². The van der Waals surface area contributed by atoms with Crippen LogP contribution in [0.2, 0.25) is 5.02 Å². The lowest BCUT2D eigenvalue weighted by Gasteiger charge is -2.27. The zero-order chi connectivity index (χ0) is 23.5. The number of rotatable bonds is 7. The van der Waals surface area contributed by atoms with Gasteiger partial charge in [0, 0.05) is 37.4 Å². The fourth-order valence-electron chi connectivity index (χ4n) is 3.97. The first-order valence-corrected chi connectivity index (χ1v) is 11.4. The highest BCUT2D eigenvalue weighted by molar-refractivity contribution is 7.80. The Labute approximate surface area is 203 Å². The lowest BCUT2D eigenvalue weighted by Crippen LogP contribution is -2.29. The summed E-state index contributed by atoms with van der Waals surface area (Å²) in [5.74, 6) is -0.270. The number of methoxy groups -OCH3 is 1. The average molecular weight is 484 g/mol. The topological polar surface area (TPSA) is 71.4 Å². The van der Waals surface area contributed by atoms with E-state index in [1.807, 2.05) is 30.3 Å². The average Bonchev–Trinajstić information content (AvgIpc) is 3.41. The SMILES string of the molecule is COCC(=O)Nc1ccc(N2C(=S)N[C@H](c3ccccn3)[C@H]2c2ccn(C(C)C)c2)cc1Cl. The van der Waals surface area contributed by atoms with Crippen LogP contribution in [0.3, 0.4) is 0 Å². The summed E-state index contributed by atoms with van der Waals surface area (Å²) in [7, 11) is 1.47. The summed E-state index contributed by atoms with van der Waals surface area (Å²) in [5.41, 5.74) is 3.35. The van der Waals surface area contributed by atoms with Gasteiger partial charge in [0.05, 0.1) is 28.5 Å². The second-order valence-electron chi connectivity index (χ2n) is 8.13. The van der Waals surface area contributed by atoms with E-state index in [0.29, 0.717) is 21.9 Å². The van der Waals surface area contributed by atoms with Gasteiger partial charge in [0.1, 0.15) is 6.61 Å². The third-order valence-electron chi connectivity index (χ3n) is 5.55. The van der Waals surface area contributed by atoms with Gasteiger partial charge in [-0.1, -0.05) is 17.7 Å². The number of amides is 1. The molecule has 3 heterocycles. The number of aromatic nitrogens is 2. The molecule has 0 saturated carbocycles. The van der Waals surface area contributed by atoms with Crippen LogP contribution >= 0.6 is 23.8 Å². The summed E-state index contributed by atoms with van der Waals surface area (Å²) >= 11 is 12.3. The molecule has 0 spiro atoms. The summed E-state index contributed by atoms with van der Waals surface area (Å²) in [4.78, 5) is 18.5. The van der Waals surface area contributed by atoms with Crippen LogP contribution in [0.25, 0.3) is 0 Å². The minimum absolute atomic E-state index is 0.0428. The van der Waals surface area contributed by atoms with Gasteiger partial charge in [0.2, 0.25) is 5.91 Å². The van der Waals surface area contributed by atoms with Crippen molar-refractivity contribution in [1.29, 1.82) is 0 Å². The van der Waals surface area contributed by atoms with Crippen LogP contribution in [-0.4, -0.2) is 34.3 Å². The lowest BCUT2D eigenvalue weighted by atomic mass is 9.98. The Morgan fingerprint density at radius 2 is 2.12 bits per heavy atom. The number of nitrogens with zero attached hydrogens (tertiary/aromatic N) is 3. The molecule has 0 aliphatic carbocycles. The summed E-state index contributed by atoms with van der Waals surface area (Å²) < 4.78 is 7.05.